The minimum atomic E-state index is 0.443. The van der Waals surface area contributed by atoms with E-state index >= 15 is 0 Å². The summed E-state index contributed by atoms with van der Waals surface area (Å²) in [7, 11) is 0. The number of nitrogens with one attached hydrogen (secondary N) is 1. The summed E-state index contributed by atoms with van der Waals surface area (Å²) in [5.74, 6) is 2.69. The lowest BCUT2D eigenvalue weighted by Gasteiger charge is -2.25. The zero-order valence-electron chi connectivity index (χ0n) is 17.3. The van der Waals surface area contributed by atoms with Gasteiger partial charge in [-0.05, 0) is 48.9 Å². The molecule has 2 aromatic heterocycles. The van der Waals surface area contributed by atoms with Crippen molar-refractivity contribution in [1.29, 1.82) is 0 Å². The van der Waals surface area contributed by atoms with E-state index in [0.717, 1.165) is 22.8 Å². The van der Waals surface area contributed by atoms with Gasteiger partial charge in [0, 0.05) is 11.9 Å². The summed E-state index contributed by atoms with van der Waals surface area (Å²) in [6.07, 6.45) is 3.26. The van der Waals surface area contributed by atoms with Gasteiger partial charge in [-0.3, -0.25) is 0 Å². The summed E-state index contributed by atoms with van der Waals surface area (Å²) in [4.78, 5) is 15.3. The van der Waals surface area contributed by atoms with E-state index in [2.05, 4.69) is 32.4 Å². The van der Waals surface area contributed by atoms with Crippen molar-refractivity contribution >= 4 is 28.8 Å². The summed E-state index contributed by atoms with van der Waals surface area (Å²) < 4.78 is 5.50. The fraction of sp³-hybridized carbons (Fsp3) is 0.125. The zero-order valence-corrected chi connectivity index (χ0v) is 17.3. The van der Waals surface area contributed by atoms with Crippen molar-refractivity contribution in [2.45, 2.75) is 13.5 Å². The number of hydrogen-bond donors (Lipinski definition) is 2. The molecule has 4 aromatic rings. The third kappa shape index (κ3) is 4.90. The molecule has 0 aliphatic heterocycles. The molecule has 0 bridgehead atoms. The molecule has 2 heterocycles. The Morgan fingerprint density at radius 2 is 1.68 bits per heavy atom. The molecule has 3 N–H and O–H groups in total. The van der Waals surface area contributed by atoms with Crippen LogP contribution < -0.4 is 20.7 Å². The molecule has 0 aliphatic rings. The van der Waals surface area contributed by atoms with Gasteiger partial charge in [0.25, 0.3) is 0 Å². The average molecular weight is 412 g/mol. The van der Waals surface area contributed by atoms with Crippen LogP contribution in [0.25, 0.3) is 0 Å². The van der Waals surface area contributed by atoms with Crippen molar-refractivity contribution in [3.63, 3.8) is 0 Å². The van der Waals surface area contributed by atoms with Crippen LogP contribution in [0.5, 0.6) is 5.75 Å². The van der Waals surface area contributed by atoms with Gasteiger partial charge >= 0.3 is 0 Å². The van der Waals surface area contributed by atoms with Gasteiger partial charge in [-0.15, -0.1) is 0 Å². The van der Waals surface area contributed by atoms with E-state index in [4.69, 9.17) is 10.5 Å². The minimum Gasteiger partial charge on any atom is -0.494 e. The molecular formula is C24H24N6O. The lowest BCUT2D eigenvalue weighted by molar-refractivity contribution is 0.340. The first-order valence-electron chi connectivity index (χ1n) is 10.1. The molecule has 0 amide bonds. The fourth-order valence-corrected chi connectivity index (χ4v) is 3.18. The molecule has 0 aliphatic carbocycles. The van der Waals surface area contributed by atoms with Gasteiger partial charge in [0.2, 0.25) is 0 Å². The average Bonchev–Trinajstić information content (AvgIpc) is 2.82. The van der Waals surface area contributed by atoms with Crippen molar-refractivity contribution in [3.8, 4) is 5.75 Å². The van der Waals surface area contributed by atoms with E-state index in [1.54, 1.807) is 6.20 Å². The van der Waals surface area contributed by atoms with Crippen LogP contribution in [0.4, 0.5) is 28.8 Å². The van der Waals surface area contributed by atoms with E-state index in [-0.39, 0.29) is 0 Å². The standard InChI is InChI=1S/C24H24N6O/c1-2-31-20-13-11-19(12-14-20)29-23-22(25)24(28-17-27-23)30(21-10-6-7-15-26-21)16-18-8-4-3-5-9-18/h3-15,17H,2,16,25H2,1H3,(H,27,28,29). The van der Waals surface area contributed by atoms with Gasteiger partial charge in [0.15, 0.2) is 11.6 Å². The topological polar surface area (TPSA) is 89.2 Å². The van der Waals surface area contributed by atoms with Crippen molar-refractivity contribution in [2.75, 3.05) is 22.6 Å². The Morgan fingerprint density at radius 1 is 0.903 bits per heavy atom. The van der Waals surface area contributed by atoms with E-state index in [0.29, 0.717) is 30.5 Å². The van der Waals surface area contributed by atoms with Gasteiger partial charge in [-0.1, -0.05) is 36.4 Å². The zero-order chi connectivity index (χ0) is 21.5. The number of pyridine rings is 1. The normalized spacial score (nSPS) is 10.5. The quantitative estimate of drug-likeness (QED) is 0.424. The van der Waals surface area contributed by atoms with E-state index in [9.17, 15) is 0 Å². The molecule has 0 fully saturated rings. The molecule has 0 atom stereocenters. The van der Waals surface area contributed by atoms with Crippen molar-refractivity contribution in [3.05, 3.63) is 90.9 Å². The van der Waals surface area contributed by atoms with Crippen LogP contribution in [0.2, 0.25) is 0 Å². The second-order valence-corrected chi connectivity index (χ2v) is 6.80. The van der Waals surface area contributed by atoms with Crippen LogP contribution >= 0.6 is 0 Å². The third-order valence-electron chi connectivity index (χ3n) is 4.66. The Bertz CT molecular complexity index is 1100. The second-order valence-electron chi connectivity index (χ2n) is 6.80. The number of rotatable bonds is 8. The Hall–Kier alpha value is -4.13. The van der Waals surface area contributed by atoms with Crippen LogP contribution in [0.3, 0.4) is 0 Å². The van der Waals surface area contributed by atoms with Gasteiger partial charge in [0.05, 0.1) is 13.2 Å². The number of anilines is 5. The molecule has 0 radical (unpaired) electrons. The van der Waals surface area contributed by atoms with Gasteiger partial charge in [-0.2, -0.15) is 0 Å². The number of ether oxygens (including phenoxy) is 1. The first-order chi connectivity index (χ1) is 15.2. The number of aromatic nitrogens is 3. The van der Waals surface area contributed by atoms with E-state index in [1.807, 2.05) is 72.5 Å². The summed E-state index contributed by atoms with van der Waals surface area (Å²) in [6, 6.07) is 23.5. The van der Waals surface area contributed by atoms with Gasteiger partial charge < -0.3 is 20.7 Å². The molecular weight excluding hydrogens is 388 g/mol. The fourth-order valence-electron chi connectivity index (χ4n) is 3.18. The number of nitrogens with zero attached hydrogens (tertiary/aromatic N) is 4. The van der Waals surface area contributed by atoms with E-state index < -0.39 is 0 Å². The SMILES string of the molecule is CCOc1ccc(Nc2ncnc(N(Cc3ccccc3)c3ccccn3)c2N)cc1. The number of nitrogens with two attached hydrogens (primary N) is 1. The van der Waals surface area contributed by atoms with Crippen molar-refractivity contribution < 1.29 is 4.74 Å². The molecule has 0 saturated carbocycles. The third-order valence-corrected chi connectivity index (χ3v) is 4.66. The first-order valence-corrected chi connectivity index (χ1v) is 10.1. The molecule has 7 nitrogen and oxygen atoms in total. The molecule has 7 heteroatoms. The molecule has 0 saturated heterocycles. The van der Waals surface area contributed by atoms with Crippen LogP contribution in [-0.2, 0) is 6.54 Å². The molecule has 0 spiro atoms. The predicted molar refractivity (Wildman–Crippen MR) is 124 cm³/mol. The predicted octanol–water partition coefficient (Wildman–Crippen LogP) is 4.93. The summed E-state index contributed by atoms with van der Waals surface area (Å²) in [5.41, 5.74) is 8.93. The number of hydrogen-bond acceptors (Lipinski definition) is 7. The first kappa shape index (κ1) is 20.2. The monoisotopic (exact) mass is 412 g/mol. The summed E-state index contributed by atoms with van der Waals surface area (Å²) >= 11 is 0. The maximum absolute atomic E-state index is 6.52. The number of benzene rings is 2. The highest BCUT2D eigenvalue weighted by molar-refractivity contribution is 5.80. The highest BCUT2D eigenvalue weighted by atomic mass is 16.5. The molecule has 156 valence electrons. The lowest BCUT2D eigenvalue weighted by Crippen LogP contribution is -2.21. The maximum atomic E-state index is 6.52. The smallest absolute Gasteiger partial charge is 0.163 e. The van der Waals surface area contributed by atoms with Crippen LogP contribution in [-0.4, -0.2) is 21.6 Å². The Labute approximate surface area is 181 Å². The Morgan fingerprint density at radius 3 is 2.39 bits per heavy atom. The van der Waals surface area contributed by atoms with Crippen molar-refractivity contribution in [2.24, 2.45) is 0 Å². The Kier molecular flexibility index (Phi) is 6.23. The molecule has 31 heavy (non-hydrogen) atoms. The minimum absolute atomic E-state index is 0.443. The highest BCUT2D eigenvalue weighted by Crippen LogP contribution is 2.33. The van der Waals surface area contributed by atoms with E-state index in [1.165, 1.54) is 6.33 Å². The molecule has 4 rings (SSSR count). The summed E-state index contributed by atoms with van der Waals surface area (Å²) in [5, 5.41) is 3.27. The maximum Gasteiger partial charge on any atom is 0.163 e. The summed E-state index contributed by atoms with van der Waals surface area (Å²) in [6.45, 7) is 3.15. The molecule has 0 unspecified atom stereocenters. The number of nitrogen functional groups attached to an aromatic ring is 1. The molecule has 2 aromatic carbocycles. The van der Waals surface area contributed by atoms with Gasteiger partial charge in [0.1, 0.15) is 23.6 Å². The van der Waals surface area contributed by atoms with Crippen LogP contribution in [0.15, 0.2) is 85.3 Å². The highest BCUT2D eigenvalue weighted by Gasteiger charge is 2.18. The lowest BCUT2D eigenvalue weighted by atomic mass is 10.2. The Balaban J connectivity index is 1.66. The van der Waals surface area contributed by atoms with Crippen LogP contribution in [0.1, 0.15) is 12.5 Å². The van der Waals surface area contributed by atoms with Crippen molar-refractivity contribution in [1.82, 2.24) is 15.0 Å². The van der Waals surface area contributed by atoms with Gasteiger partial charge in [-0.25, -0.2) is 15.0 Å². The van der Waals surface area contributed by atoms with Crippen LogP contribution in [0, 0.1) is 0 Å². The second kappa shape index (κ2) is 9.58. The largest absolute Gasteiger partial charge is 0.494 e.